The normalized spacial score (nSPS) is 18.2. The first kappa shape index (κ1) is 14.9. The summed E-state index contributed by atoms with van der Waals surface area (Å²) in [6.45, 7) is 0. The summed E-state index contributed by atoms with van der Waals surface area (Å²) in [6.07, 6.45) is 2.10. The predicted octanol–water partition coefficient (Wildman–Crippen LogP) is 3.20. The van der Waals surface area contributed by atoms with Crippen LogP contribution in [0, 0.1) is 5.82 Å². The highest BCUT2D eigenvalue weighted by molar-refractivity contribution is 7.91. The van der Waals surface area contributed by atoms with Gasteiger partial charge in [0.1, 0.15) is 10.0 Å². The number of aryl methyl sites for hydroxylation is 1. The second-order valence-electron chi connectivity index (χ2n) is 5.77. The number of halogens is 1. The number of thiophene rings is 1. The van der Waals surface area contributed by atoms with Crippen LogP contribution in [0.1, 0.15) is 17.7 Å². The molecular weight excluding hydrogens is 335 g/mol. The van der Waals surface area contributed by atoms with Crippen LogP contribution in [0.3, 0.4) is 0 Å². The first-order valence-corrected chi connectivity index (χ1v) is 9.74. The zero-order valence-corrected chi connectivity index (χ0v) is 13.8. The number of rotatable bonds is 3. The van der Waals surface area contributed by atoms with Crippen LogP contribution in [0.15, 0.2) is 39.9 Å². The minimum atomic E-state index is -3.46. The number of nitrogens with one attached hydrogen (secondary N) is 2. The van der Waals surface area contributed by atoms with Gasteiger partial charge in [-0.1, -0.05) is 6.07 Å². The lowest BCUT2D eigenvalue weighted by molar-refractivity contribution is 0.507. The molecule has 4 nitrogen and oxygen atoms in total. The minimum absolute atomic E-state index is 0.140. The SMILES string of the molecule is O=S(=O)(NC1CCc2[nH]c3cc(F)ccc3c2C1)c1cccs1. The van der Waals surface area contributed by atoms with Gasteiger partial charge in [-0.15, -0.1) is 11.3 Å². The fourth-order valence-electron chi connectivity index (χ4n) is 3.19. The van der Waals surface area contributed by atoms with Gasteiger partial charge in [-0.2, -0.15) is 0 Å². The van der Waals surface area contributed by atoms with Crippen molar-refractivity contribution in [2.75, 3.05) is 0 Å². The highest BCUT2D eigenvalue weighted by atomic mass is 32.2. The molecule has 4 rings (SSSR count). The molecule has 23 heavy (non-hydrogen) atoms. The monoisotopic (exact) mass is 350 g/mol. The summed E-state index contributed by atoms with van der Waals surface area (Å²) in [5.41, 5.74) is 2.94. The third kappa shape index (κ3) is 2.69. The number of hydrogen-bond donors (Lipinski definition) is 2. The first-order chi connectivity index (χ1) is 11.0. The Morgan fingerprint density at radius 1 is 1.30 bits per heavy atom. The maximum atomic E-state index is 13.3. The highest BCUT2D eigenvalue weighted by Crippen LogP contribution is 2.30. The average molecular weight is 350 g/mol. The fraction of sp³-hybridized carbons (Fsp3) is 0.250. The molecule has 7 heteroatoms. The van der Waals surface area contributed by atoms with E-state index in [9.17, 15) is 12.8 Å². The molecule has 0 saturated carbocycles. The van der Waals surface area contributed by atoms with E-state index in [1.165, 1.54) is 23.5 Å². The molecule has 3 aromatic rings. The van der Waals surface area contributed by atoms with Crippen molar-refractivity contribution in [3.63, 3.8) is 0 Å². The van der Waals surface area contributed by atoms with Crippen molar-refractivity contribution >= 4 is 32.3 Å². The van der Waals surface area contributed by atoms with Crippen LogP contribution in [-0.4, -0.2) is 19.4 Å². The second kappa shape index (κ2) is 5.43. The van der Waals surface area contributed by atoms with E-state index in [1.54, 1.807) is 23.6 Å². The maximum Gasteiger partial charge on any atom is 0.250 e. The third-order valence-corrected chi connectivity index (χ3v) is 7.15. The molecule has 0 aliphatic heterocycles. The largest absolute Gasteiger partial charge is 0.358 e. The number of aromatic amines is 1. The molecule has 2 heterocycles. The summed E-state index contributed by atoms with van der Waals surface area (Å²) in [6, 6.07) is 7.88. The molecule has 1 aromatic carbocycles. The maximum absolute atomic E-state index is 13.3. The Morgan fingerprint density at radius 3 is 2.96 bits per heavy atom. The Kier molecular flexibility index (Phi) is 3.51. The zero-order valence-electron chi connectivity index (χ0n) is 12.2. The first-order valence-electron chi connectivity index (χ1n) is 7.38. The summed E-state index contributed by atoms with van der Waals surface area (Å²) in [7, 11) is -3.46. The van der Waals surface area contributed by atoms with Crippen molar-refractivity contribution in [1.29, 1.82) is 0 Å². The Hall–Kier alpha value is -1.70. The Morgan fingerprint density at radius 2 is 2.17 bits per heavy atom. The van der Waals surface area contributed by atoms with E-state index >= 15 is 0 Å². The van der Waals surface area contributed by atoms with Gasteiger partial charge in [0.25, 0.3) is 0 Å². The lowest BCUT2D eigenvalue weighted by Crippen LogP contribution is -2.38. The van der Waals surface area contributed by atoms with Crippen molar-refractivity contribution < 1.29 is 12.8 Å². The lowest BCUT2D eigenvalue weighted by Gasteiger charge is -2.23. The van der Waals surface area contributed by atoms with Crippen LogP contribution >= 0.6 is 11.3 Å². The molecule has 0 spiro atoms. The molecule has 1 aliphatic carbocycles. The quantitative estimate of drug-likeness (QED) is 0.762. The van der Waals surface area contributed by atoms with Crippen molar-refractivity contribution in [2.24, 2.45) is 0 Å². The summed E-state index contributed by atoms with van der Waals surface area (Å²) in [4.78, 5) is 3.25. The Balaban J connectivity index is 1.63. The highest BCUT2D eigenvalue weighted by Gasteiger charge is 2.27. The molecule has 0 bridgehead atoms. The zero-order chi connectivity index (χ0) is 16.0. The molecule has 1 unspecified atom stereocenters. The topological polar surface area (TPSA) is 62.0 Å². The van der Waals surface area contributed by atoms with E-state index in [-0.39, 0.29) is 11.9 Å². The van der Waals surface area contributed by atoms with Crippen LogP contribution in [0.4, 0.5) is 4.39 Å². The van der Waals surface area contributed by atoms with Crippen LogP contribution in [0.2, 0.25) is 0 Å². The molecule has 2 N–H and O–H groups in total. The van der Waals surface area contributed by atoms with Gasteiger partial charge in [-0.05, 0) is 54.5 Å². The second-order valence-corrected chi connectivity index (χ2v) is 8.65. The van der Waals surface area contributed by atoms with Gasteiger partial charge in [-0.25, -0.2) is 17.5 Å². The summed E-state index contributed by atoms with van der Waals surface area (Å²) < 4.78 is 41.2. The molecule has 0 saturated heterocycles. The van der Waals surface area contributed by atoms with E-state index in [2.05, 4.69) is 9.71 Å². The van der Waals surface area contributed by atoms with Crippen molar-refractivity contribution in [3.8, 4) is 0 Å². The summed E-state index contributed by atoms with van der Waals surface area (Å²) in [5, 5.41) is 2.73. The van der Waals surface area contributed by atoms with E-state index in [4.69, 9.17) is 0 Å². The van der Waals surface area contributed by atoms with Gasteiger partial charge in [-0.3, -0.25) is 0 Å². The molecular formula is C16H15FN2O2S2. The van der Waals surface area contributed by atoms with Crippen LogP contribution in [0.25, 0.3) is 10.9 Å². The molecule has 1 atom stereocenters. The summed E-state index contributed by atoms with van der Waals surface area (Å²) >= 11 is 1.21. The average Bonchev–Trinajstić information content (AvgIpc) is 3.13. The van der Waals surface area contributed by atoms with E-state index in [0.29, 0.717) is 10.6 Å². The molecule has 0 amide bonds. The predicted molar refractivity (Wildman–Crippen MR) is 88.7 cm³/mol. The number of fused-ring (bicyclic) bond motifs is 3. The number of sulfonamides is 1. The van der Waals surface area contributed by atoms with Gasteiger partial charge in [0.15, 0.2) is 0 Å². The molecule has 120 valence electrons. The van der Waals surface area contributed by atoms with E-state index in [1.807, 2.05) is 0 Å². The Labute approximate surface area is 137 Å². The molecule has 1 aliphatic rings. The number of aromatic nitrogens is 1. The van der Waals surface area contributed by atoms with Gasteiger partial charge >= 0.3 is 0 Å². The van der Waals surface area contributed by atoms with Gasteiger partial charge in [0.2, 0.25) is 10.0 Å². The standard InChI is InChI=1S/C16H15FN2O2S2/c17-10-3-5-12-13-9-11(4-6-14(13)18-15(12)8-10)19-23(20,21)16-2-1-7-22-16/h1-3,5,7-8,11,18-19H,4,6,9H2. The number of H-pyrrole nitrogens is 1. The molecule has 0 fully saturated rings. The lowest BCUT2D eigenvalue weighted by atomic mass is 9.92. The van der Waals surface area contributed by atoms with Crippen LogP contribution < -0.4 is 4.72 Å². The fourth-order valence-corrected chi connectivity index (χ4v) is 5.47. The van der Waals surface area contributed by atoms with Crippen molar-refractivity contribution in [2.45, 2.75) is 29.5 Å². The van der Waals surface area contributed by atoms with E-state index in [0.717, 1.165) is 35.0 Å². The van der Waals surface area contributed by atoms with Crippen LogP contribution in [0.5, 0.6) is 0 Å². The van der Waals surface area contributed by atoms with Gasteiger partial charge in [0.05, 0.1) is 0 Å². The van der Waals surface area contributed by atoms with Crippen LogP contribution in [-0.2, 0) is 22.9 Å². The minimum Gasteiger partial charge on any atom is -0.358 e. The number of benzene rings is 1. The molecule has 0 radical (unpaired) electrons. The third-order valence-electron chi connectivity index (χ3n) is 4.23. The smallest absolute Gasteiger partial charge is 0.250 e. The van der Waals surface area contributed by atoms with Crippen molar-refractivity contribution in [3.05, 3.63) is 52.8 Å². The van der Waals surface area contributed by atoms with Gasteiger partial charge in [0, 0.05) is 22.6 Å². The molecule has 2 aromatic heterocycles. The summed E-state index contributed by atoms with van der Waals surface area (Å²) in [5.74, 6) is -0.272. The van der Waals surface area contributed by atoms with Crippen molar-refractivity contribution in [1.82, 2.24) is 9.71 Å². The van der Waals surface area contributed by atoms with Gasteiger partial charge < -0.3 is 4.98 Å². The Bertz CT molecular complexity index is 962. The number of hydrogen-bond acceptors (Lipinski definition) is 3. The van der Waals surface area contributed by atoms with E-state index < -0.39 is 10.0 Å².